The number of carbonyl (C=O) groups excluding carboxylic acids is 1. The number of rotatable bonds is 3. The molecule has 19 heavy (non-hydrogen) atoms. The number of hydrogen-bond donors (Lipinski definition) is 1. The van der Waals surface area contributed by atoms with Crippen LogP contribution in [0.5, 0.6) is 0 Å². The molecule has 0 unspecified atom stereocenters. The highest BCUT2D eigenvalue weighted by Gasteiger charge is 2.44. The van der Waals surface area contributed by atoms with Crippen LogP contribution in [0.25, 0.3) is 0 Å². The van der Waals surface area contributed by atoms with Crippen molar-refractivity contribution in [3.63, 3.8) is 0 Å². The number of fused-ring (bicyclic) bond motifs is 1. The van der Waals surface area contributed by atoms with Crippen molar-refractivity contribution in [2.24, 2.45) is 7.05 Å². The summed E-state index contributed by atoms with van der Waals surface area (Å²) in [4.78, 5) is 12.5. The Morgan fingerprint density at radius 1 is 1.32 bits per heavy atom. The summed E-state index contributed by atoms with van der Waals surface area (Å²) in [7, 11) is 1.93. The van der Waals surface area contributed by atoms with Crippen molar-refractivity contribution in [3.8, 4) is 0 Å². The van der Waals surface area contributed by atoms with Crippen LogP contribution in [0.2, 0.25) is 0 Å². The number of hydrogen-bond acceptors (Lipinski definition) is 3. The molecule has 4 nitrogen and oxygen atoms in total. The number of carbonyl (C=O) groups is 1. The van der Waals surface area contributed by atoms with Crippen molar-refractivity contribution >= 4 is 23.5 Å². The average Bonchev–Trinajstić information content (AvgIpc) is 2.66. The van der Waals surface area contributed by atoms with Crippen LogP contribution in [0.4, 0.5) is 5.82 Å². The fourth-order valence-corrected chi connectivity index (χ4v) is 4.01. The van der Waals surface area contributed by atoms with E-state index in [0.29, 0.717) is 0 Å². The van der Waals surface area contributed by atoms with Crippen molar-refractivity contribution in [2.75, 3.05) is 11.6 Å². The van der Waals surface area contributed by atoms with Gasteiger partial charge in [0.25, 0.3) is 0 Å². The molecule has 3 rings (SSSR count). The third-order valence-electron chi connectivity index (χ3n) is 4.52. The van der Waals surface area contributed by atoms with Crippen LogP contribution < -0.4 is 5.32 Å². The first-order chi connectivity index (χ1) is 9.16. The molecule has 2 aliphatic rings. The van der Waals surface area contributed by atoms with Crippen molar-refractivity contribution < 1.29 is 4.79 Å². The third kappa shape index (κ3) is 2.08. The Morgan fingerprint density at radius 3 is 2.68 bits per heavy atom. The predicted molar refractivity (Wildman–Crippen MR) is 78.6 cm³/mol. The number of thioether (sulfide) groups is 1. The van der Waals surface area contributed by atoms with E-state index >= 15 is 0 Å². The fraction of sp³-hybridized carbons (Fsp3) is 0.714. The molecule has 1 aromatic heterocycles. The molecule has 0 saturated heterocycles. The number of aromatic nitrogens is 2. The molecule has 0 spiro atoms. The van der Waals surface area contributed by atoms with E-state index in [1.54, 1.807) is 11.8 Å². The van der Waals surface area contributed by atoms with Crippen molar-refractivity contribution in [2.45, 2.75) is 49.7 Å². The molecule has 1 amide bonds. The zero-order chi connectivity index (χ0) is 13.5. The van der Waals surface area contributed by atoms with Crippen LogP contribution >= 0.6 is 11.8 Å². The molecule has 1 fully saturated rings. The Labute approximate surface area is 118 Å². The highest BCUT2D eigenvalue weighted by atomic mass is 32.2. The molecule has 0 bridgehead atoms. The van der Waals surface area contributed by atoms with Gasteiger partial charge >= 0.3 is 0 Å². The van der Waals surface area contributed by atoms with Gasteiger partial charge in [-0.1, -0.05) is 0 Å². The van der Waals surface area contributed by atoms with Crippen LogP contribution in [0.3, 0.4) is 0 Å². The third-order valence-corrected chi connectivity index (χ3v) is 5.89. The summed E-state index contributed by atoms with van der Waals surface area (Å²) < 4.78 is 1.66. The van der Waals surface area contributed by atoms with Crippen molar-refractivity contribution in [1.29, 1.82) is 0 Å². The maximum atomic E-state index is 12.5. The summed E-state index contributed by atoms with van der Waals surface area (Å²) in [6, 6.07) is 0. The molecule has 0 atom stereocenters. The first-order valence-corrected chi connectivity index (χ1v) is 8.30. The lowest BCUT2D eigenvalue weighted by molar-refractivity contribution is -0.120. The summed E-state index contributed by atoms with van der Waals surface area (Å²) in [5.74, 6) is 1.10. The largest absolute Gasteiger partial charge is 0.309 e. The van der Waals surface area contributed by atoms with Crippen LogP contribution in [0.1, 0.15) is 43.4 Å². The SMILES string of the molecule is CSC1(C(=O)Nc2c3c(nn2C)CCCC3)CCC1. The molecule has 1 saturated carbocycles. The summed E-state index contributed by atoms with van der Waals surface area (Å²) >= 11 is 1.69. The second-order valence-electron chi connectivity index (χ2n) is 5.61. The van der Waals surface area contributed by atoms with E-state index in [1.165, 1.54) is 24.1 Å². The molecule has 1 heterocycles. The molecule has 104 valence electrons. The summed E-state index contributed by atoms with van der Waals surface area (Å²) in [6.07, 6.45) is 9.72. The van der Waals surface area contributed by atoms with E-state index in [0.717, 1.165) is 37.9 Å². The summed E-state index contributed by atoms with van der Waals surface area (Å²) in [6.45, 7) is 0. The van der Waals surface area contributed by atoms with Gasteiger partial charge in [0, 0.05) is 12.6 Å². The first-order valence-electron chi connectivity index (χ1n) is 7.08. The van der Waals surface area contributed by atoms with Gasteiger partial charge in [-0.3, -0.25) is 9.48 Å². The lowest BCUT2D eigenvalue weighted by atomic mass is 9.83. The van der Waals surface area contributed by atoms with Gasteiger partial charge in [0.1, 0.15) is 5.82 Å². The fourth-order valence-electron chi connectivity index (χ4n) is 3.08. The Kier molecular flexibility index (Phi) is 3.33. The Balaban J connectivity index is 1.83. The molecule has 0 aromatic carbocycles. The van der Waals surface area contributed by atoms with Crippen LogP contribution in [0.15, 0.2) is 0 Å². The van der Waals surface area contributed by atoms with Gasteiger partial charge in [0.2, 0.25) is 5.91 Å². The van der Waals surface area contributed by atoms with E-state index in [9.17, 15) is 4.79 Å². The first kappa shape index (κ1) is 13.0. The topological polar surface area (TPSA) is 46.9 Å². The van der Waals surface area contributed by atoms with Gasteiger partial charge in [-0.05, 0) is 51.2 Å². The highest BCUT2D eigenvalue weighted by molar-refractivity contribution is 8.00. The predicted octanol–water partition coefficient (Wildman–Crippen LogP) is 2.52. The molecule has 1 aromatic rings. The van der Waals surface area contributed by atoms with Gasteiger partial charge < -0.3 is 5.32 Å². The number of amides is 1. The summed E-state index contributed by atoms with van der Waals surface area (Å²) in [5.41, 5.74) is 2.44. The van der Waals surface area contributed by atoms with E-state index < -0.39 is 0 Å². The zero-order valence-electron chi connectivity index (χ0n) is 11.7. The van der Waals surface area contributed by atoms with Crippen LogP contribution in [-0.2, 0) is 24.7 Å². The molecular weight excluding hydrogens is 258 g/mol. The molecule has 0 radical (unpaired) electrons. The molecule has 2 aliphatic carbocycles. The van der Waals surface area contributed by atoms with Gasteiger partial charge in [-0.25, -0.2) is 0 Å². The molecular formula is C14H21N3OS. The minimum absolute atomic E-state index is 0.169. The standard InChI is InChI=1S/C14H21N3OS/c1-17-12(10-6-3-4-7-11(10)16-17)15-13(18)14(19-2)8-5-9-14/h3-9H2,1-2H3,(H,15,18). The Bertz CT molecular complexity index is 500. The quantitative estimate of drug-likeness (QED) is 0.925. The molecule has 5 heteroatoms. The van der Waals surface area contributed by atoms with Gasteiger partial charge in [0.15, 0.2) is 0 Å². The van der Waals surface area contributed by atoms with E-state index in [1.807, 2.05) is 18.0 Å². The maximum absolute atomic E-state index is 12.5. The van der Waals surface area contributed by atoms with Crippen molar-refractivity contribution in [1.82, 2.24) is 9.78 Å². The lowest BCUT2D eigenvalue weighted by Crippen LogP contribution is -2.45. The molecule has 0 aliphatic heterocycles. The van der Waals surface area contributed by atoms with Gasteiger partial charge in [0.05, 0.1) is 10.4 Å². The maximum Gasteiger partial charge on any atom is 0.241 e. The number of nitrogens with zero attached hydrogens (tertiary/aromatic N) is 2. The lowest BCUT2D eigenvalue weighted by Gasteiger charge is -2.38. The monoisotopic (exact) mass is 279 g/mol. The minimum atomic E-state index is -0.189. The second kappa shape index (κ2) is 4.85. The van der Waals surface area contributed by atoms with E-state index in [-0.39, 0.29) is 10.7 Å². The molecule has 1 N–H and O–H groups in total. The van der Waals surface area contributed by atoms with E-state index in [2.05, 4.69) is 10.4 Å². The van der Waals surface area contributed by atoms with Gasteiger partial charge in [-0.15, -0.1) is 11.8 Å². The van der Waals surface area contributed by atoms with Crippen molar-refractivity contribution in [3.05, 3.63) is 11.3 Å². The van der Waals surface area contributed by atoms with Crippen LogP contribution in [0, 0.1) is 0 Å². The van der Waals surface area contributed by atoms with E-state index in [4.69, 9.17) is 0 Å². The Morgan fingerprint density at radius 2 is 2.05 bits per heavy atom. The number of aryl methyl sites for hydroxylation is 2. The normalized spacial score (nSPS) is 20.5. The minimum Gasteiger partial charge on any atom is -0.309 e. The second-order valence-corrected chi connectivity index (χ2v) is 6.80. The Hall–Kier alpha value is -0.970. The average molecular weight is 279 g/mol. The number of nitrogens with one attached hydrogen (secondary N) is 1. The summed E-state index contributed by atoms with van der Waals surface area (Å²) in [5, 5.41) is 7.70. The zero-order valence-corrected chi connectivity index (χ0v) is 12.5. The smallest absolute Gasteiger partial charge is 0.241 e. The highest BCUT2D eigenvalue weighted by Crippen LogP contribution is 2.44. The number of anilines is 1. The van der Waals surface area contributed by atoms with Crippen LogP contribution in [-0.4, -0.2) is 26.7 Å². The van der Waals surface area contributed by atoms with Gasteiger partial charge in [-0.2, -0.15) is 5.10 Å².